The molecule has 25 heavy (non-hydrogen) atoms. The number of amides is 1. The first-order valence-corrected chi connectivity index (χ1v) is 8.39. The Labute approximate surface area is 145 Å². The third-order valence-corrected chi connectivity index (χ3v) is 4.68. The van der Waals surface area contributed by atoms with Gasteiger partial charge < -0.3 is 5.32 Å². The molecular formula is C18H21FN4O2. The molecule has 0 radical (unpaired) electrons. The molecule has 3 rings (SSSR count). The summed E-state index contributed by atoms with van der Waals surface area (Å²) in [6.07, 6.45) is 1.67. The molecular weight excluding hydrogens is 323 g/mol. The number of nitrogens with one attached hydrogen (secondary N) is 2. The predicted octanol–water partition coefficient (Wildman–Crippen LogP) is 1.86. The summed E-state index contributed by atoms with van der Waals surface area (Å²) in [7, 11) is 0. The number of nitrogens with zero attached hydrogens (tertiary/aromatic N) is 2. The minimum absolute atomic E-state index is 0.0814. The lowest BCUT2D eigenvalue weighted by Crippen LogP contribution is -2.45. The van der Waals surface area contributed by atoms with Crippen molar-refractivity contribution in [1.82, 2.24) is 20.4 Å². The topological polar surface area (TPSA) is 78.1 Å². The van der Waals surface area contributed by atoms with E-state index in [1.165, 1.54) is 24.3 Å². The highest BCUT2D eigenvalue weighted by atomic mass is 19.1. The van der Waals surface area contributed by atoms with E-state index in [9.17, 15) is 14.0 Å². The molecule has 2 aromatic rings. The van der Waals surface area contributed by atoms with Gasteiger partial charge in [-0.3, -0.25) is 14.5 Å². The Morgan fingerprint density at radius 1 is 1.24 bits per heavy atom. The third kappa shape index (κ3) is 4.30. The van der Waals surface area contributed by atoms with Gasteiger partial charge in [0.25, 0.3) is 11.5 Å². The van der Waals surface area contributed by atoms with Gasteiger partial charge in [0, 0.05) is 31.2 Å². The smallest absolute Gasteiger partial charge is 0.271 e. The maximum atomic E-state index is 13.0. The Morgan fingerprint density at radius 2 is 1.92 bits per heavy atom. The first-order valence-electron chi connectivity index (χ1n) is 8.39. The van der Waals surface area contributed by atoms with E-state index in [1.54, 1.807) is 0 Å². The number of halogens is 1. The van der Waals surface area contributed by atoms with Crippen LogP contribution in [0, 0.1) is 5.82 Å². The highest BCUT2D eigenvalue weighted by molar-refractivity contribution is 5.92. The van der Waals surface area contributed by atoms with E-state index in [4.69, 9.17) is 0 Å². The highest BCUT2D eigenvalue weighted by Crippen LogP contribution is 2.24. The van der Waals surface area contributed by atoms with Crippen molar-refractivity contribution in [3.8, 4) is 0 Å². The number of carbonyl (C=O) groups is 1. The summed E-state index contributed by atoms with van der Waals surface area (Å²) in [5.74, 6) is -0.505. The number of hydrogen-bond acceptors (Lipinski definition) is 4. The van der Waals surface area contributed by atoms with Crippen molar-refractivity contribution in [2.24, 2.45) is 0 Å². The average Bonchev–Trinajstić information content (AvgIpc) is 2.63. The van der Waals surface area contributed by atoms with E-state index in [1.807, 2.05) is 12.1 Å². The molecule has 2 N–H and O–H groups in total. The van der Waals surface area contributed by atoms with Crippen LogP contribution in [0.15, 0.2) is 41.2 Å². The zero-order valence-corrected chi connectivity index (χ0v) is 14.0. The third-order valence-electron chi connectivity index (χ3n) is 4.68. The van der Waals surface area contributed by atoms with Crippen LogP contribution in [-0.4, -0.2) is 40.1 Å². The maximum Gasteiger partial charge on any atom is 0.271 e. The average molecular weight is 344 g/mol. The van der Waals surface area contributed by atoms with Gasteiger partial charge >= 0.3 is 0 Å². The molecule has 2 heterocycles. The highest BCUT2D eigenvalue weighted by Gasteiger charge is 2.25. The fourth-order valence-corrected chi connectivity index (χ4v) is 3.11. The van der Waals surface area contributed by atoms with Crippen LogP contribution in [0.2, 0.25) is 0 Å². The molecule has 1 amide bonds. The van der Waals surface area contributed by atoms with Crippen LogP contribution in [0.5, 0.6) is 0 Å². The number of likely N-dealkylation sites (tertiary alicyclic amines) is 1. The Morgan fingerprint density at radius 3 is 2.52 bits per heavy atom. The summed E-state index contributed by atoms with van der Waals surface area (Å²) in [6.45, 7) is 3.81. The van der Waals surface area contributed by atoms with Gasteiger partial charge in [0.05, 0.1) is 0 Å². The van der Waals surface area contributed by atoms with Crippen LogP contribution >= 0.6 is 0 Å². The van der Waals surface area contributed by atoms with Crippen molar-refractivity contribution in [2.45, 2.75) is 31.8 Å². The quantitative estimate of drug-likeness (QED) is 0.887. The zero-order valence-electron chi connectivity index (χ0n) is 14.0. The van der Waals surface area contributed by atoms with Crippen molar-refractivity contribution in [3.05, 3.63) is 63.8 Å². The number of hydrogen-bond donors (Lipinski definition) is 2. The molecule has 1 aliphatic heterocycles. The first-order chi connectivity index (χ1) is 12.0. The molecule has 1 unspecified atom stereocenters. The Bertz CT molecular complexity index is 762. The number of rotatable bonds is 4. The van der Waals surface area contributed by atoms with E-state index >= 15 is 0 Å². The lowest BCUT2D eigenvalue weighted by Gasteiger charge is -2.36. The van der Waals surface area contributed by atoms with Gasteiger partial charge in [-0.05, 0) is 43.5 Å². The normalized spacial score (nSPS) is 17.2. The molecule has 1 aromatic carbocycles. The Balaban J connectivity index is 1.53. The molecule has 1 atom stereocenters. The van der Waals surface area contributed by atoms with E-state index in [0.717, 1.165) is 31.5 Å². The Hall–Kier alpha value is -2.54. The molecule has 0 bridgehead atoms. The summed E-state index contributed by atoms with van der Waals surface area (Å²) in [4.78, 5) is 25.5. The van der Waals surface area contributed by atoms with E-state index in [2.05, 4.69) is 27.3 Å². The van der Waals surface area contributed by atoms with Crippen molar-refractivity contribution in [3.63, 3.8) is 0 Å². The second-order valence-corrected chi connectivity index (χ2v) is 6.32. The molecule has 7 heteroatoms. The fourth-order valence-electron chi connectivity index (χ4n) is 3.11. The second-order valence-electron chi connectivity index (χ2n) is 6.32. The minimum atomic E-state index is -0.334. The lowest BCUT2D eigenvalue weighted by atomic mass is 10.00. The summed E-state index contributed by atoms with van der Waals surface area (Å²) in [5.41, 5.74) is 0.961. The van der Waals surface area contributed by atoms with Gasteiger partial charge in [0.15, 0.2) is 0 Å². The number of carbonyl (C=O) groups excluding carboxylic acids is 1. The molecule has 1 saturated heterocycles. The maximum absolute atomic E-state index is 13.0. The van der Waals surface area contributed by atoms with Crippen LogP contribution in [0.4, 0.5) is 4.39 Å². The SMILES string of the molecule is CC(c1ccc(F)cc1)N1CCC(NC(=O)c2ccc(=O)[nH]n2)CC1. The minimum Gasteiger partial charge on any atom is -0.348 e. The van der Waals surface area contributed by atoms with Gasteiger partial charge in [0.2, 0.25) is 0 Å². The molecule has 0 saturated carbocycles. The largest absolute Gasteiger partial charge is 0.348 e. The molecule has 132 valence electrons. The van der Waals surface area contributed by atoms with Gasteiger partial charge in [-0.15, -0.1) is 0 Å². The second kappa shape index (κ2) is 7.57. The fraction of sp³-hybridized carbons (Fsp3) is 0.389. The summed E-state index contributed by atoms with van der Waals surface area (Å²) < 4.78 is 13.0. The monoisotopic (exact) mass is 344 g/mol. The standard InChI is InChI=1S/C18H21FN4O2/c1-12(13-2-4-14(19)5-3-13)23-10-8-15(9-11-23)20-18(25)16-6-7-17(24)22-21-16/h2-7,12,15H,8-11H2,1H3,(H,20,25)(H,22,24). The number of aromatic nitrogens is 2. The van der Waals surface area contributed by atoms with Crippen molar-refractivity contribution < 1.29 is 9.18 Å². The molecule has 6 nitrogen and oxygen atoms in total. The van der Waals surface area contributed by atoms with Crippen molar-refractivity contribution in [1.29, 1.82) is 0 Å². The summed E-state index contributed by atoms with van der Waals surface area (Å²) in [5, 5.41) is 8.97. The molecule has 1 aromatic heterocycles. The van der Waals surface area contributed by atoms with Gasteiger partial charge in [-0.1, -0.05) is 12.1 Å². The van der Waals surface area contributed by atoms with Gasteiger partial charge in [-0.2, -0.15) is 5.10 Å². The molecule has 1 fully saturated rings. The molecule has 0 aliphatic carbocycles. The first kappa shape index (κ1) is 17.3. The van der Waals surface area contributed by atoms with E-state index in [0.29, 0.717) is 0 Å². The van der Waals surface area contributed by atoms with Crippen LogP contribution in [0.3, 0.4) is 0 Å². The summed E-state index contributed by atoms with van der Waals surface area (Å²) in [6, 6.07) is 9.59. The zero-order chi connectivity index (χ0) is 17.8. The van der Waals surface area contributed by atoms with Crippen LogP contribution in [-0.2, 0) is 0 Å². The number of piperidine rings is 1. The van der Waals surface area contributed by atoms with E-state index in [-0.39, 0.29) is 35.1 Å². The Kier molecular flexibility index (Phi) is 5.23. The number of aromatic amines is 1. The molecule has 0 spiro atoms. The lowest BCUT2D eigenvalue weighted by molar-refractivity contribution is 0.0890. The van der Waals surface area contributed by atoms with Crippen LogP contribution in [0.25, 0.3) is 0 Å². The molecule has 1 aliphatic rings. The van der Waals surface area contributed by atoms with Crippen molar-refractivity contribution in [2.75, 3.05) is 13.1 Å². The number of H-pyrrole nitrogens is 1. The predicted molar refractivity (Wildman–Crippen MR) is 91.7 cm³/mol. The van der Waals surface area contributed by atoms with Crippen LogP contribution in [0.1, 0.15) is 41.9 Å². The number of benzene rings is 1. The van der Waals surface area contributed by atoms with Crippen LogP contribution < -0.4 is 10.9 Å². The van der Waals surface area contributed by atoms with Gasteiger partial charge in [0.1, 0.15) is 11.5 Å². The van der Waals surface area contributed by atoms with Crippen molar-refractivity contribution >= 4 is 5.91 Å². The van der Waals surface area contributed by atoms with E-state index < -0.39 is 0 Å². The summed E-state index contributed by atoms with van der Waals surface area (Å²) >= 11 is 0. The van der Waals surface area contributed by atoms with Gasteiger partial charge in [-0.25, -0.2) is 9.49 Å².